The Kier molecular flexibility index (Phi) is 4.67. The van der Waals surface area contributed by atoms with Crippen molar-refractivity contribution in [2.24, 2.45) is 5.41 Å². The van der Waals surface area contributed by atoms with Crippen LogP contribution in [0.4, 0.5) is 0 Å². The van der Waals surface area contributed by atoms with Crippen LogP contribution in [0.3, 0.4) is 0 Å². The fraction of sp³-hybridized carbons (Fsp3) is 0.417. The first-order valence-corrected chi connectivity index (χ1v) is 5.86. The molecular formula is C12H16ClN3O2. The summed E-state index contributed by atoms with van der Waals surface area (Å²) in [5.41, 5.74) is -0.253. The molecule has 1 aromatic heterocycles. The molecule has 0 saturated heterocycles. The molecule has 1 rings (SSSR count). The van der Waals surface area contributed by atoms with Crippen LogP contribution in [0, 0.1) is 5.41 Å². The fourth-order valence-electron chi connectivity index (χ4n) is 1.33. The number of hydrogen-bond acceptors (Lipinski definition) is 3. The molecule has 0 saturated carbocycles. The Balaban J connectivity index is 2.61. The number of nitrogens with one attached hydrogen (secondary N) is 2. The molecule has 0 atom stereocenters. The van der Waals surface area contributed by atoms with E-state index in [1.807, 2.05) is 0 Å². The normalized spacial score (nSPS) is 10.9. The molecule has 1 heterocycles. The van der Waals surface area contributed by atoms with Gasteiger partial charge in [-0.2, -0.15) is 0 Å². The Morgan fingerprint density at radius 1 is 1.39 bits per heavy atom. The van der Waals surface area contributed by atoms with Crippen LogP contribution >= 0.6 is 11.6 Å². The lowest BCUT2D eigenvalue weighted by Gasteiger charge is -2.22. The highest BCUT2D eigenvalue weighted by molar-refractivity contribution is 6.29. The zero-order valence-corrected chi connectivity index (χ0v) is 11.3. The fourth-order valence-corrected chi connectivity index (χ4v) is 1.44. The summed E-state index contributed by atoms with van der Waals surface area (Å²) in [7, 11) is 1.56. The van der Waals surface area contributed by atoms with E-state index < -0.39 is 5.41 Å². The molecule has 2 N–H and O–H groups in total. The van der Waals surface area contributed by atoms with Gasteiger partial charge in [0.25, 0.3) is 5.91 Å². The molecule has 0 fully saturated rings. The molecule has 0 aliphatic rings. The highest BCUT2D eigenvalue weighted by Gasteiger charge is 2.27. The van der Waals surface area contributed by atoms with Crippen molar-refractivity contribution in [3.63, 3.8) is 0 Å². The summed E-state index contributed by atoms with van der Waals surface area (Å²) in [4.78, 5) is 27.1. The largest absolute Gasteiger partial charge is 0.359 e. The van der Waals surface area contributed by atoms with Crippen LogP contribution in [0.25, 0.3) is 0 Å². The smallest absolute Gasteiger partial charge is 0.252 e. The highest BCUT2D eigenvalue weighted by atomic mass is 35.5. The number of carbonyl (C=O) groups is 2. The van der Waals surface area contributed by atoms with E-state index in [1.54, 1.807) is 33.0 Å². The third-order valence-corrected chi connectivity index (χ3v) is 2.75. The maximum Gasteiger partial charge on any atom is 0.252 e. The molecule has 5 nitrogen and oxygen atoms in total. The molecule has 0 aliphatic heterocycles. The Morgan fingerprint density at radius 3 is 2.56 bits per heavy atom. The standard InChI is InChI=1S/C12H16ClN3O2/c1-12(2,11(18)14-3)7-16-10(17)8-4-5-9(13)15-6-8/h4-6H,7H2,1-3H3,(H,14,18)(H,16,17). The number of nitrogens with zero attached hydrogens (tertiary/aromatic N) is 1. The molecule has 0 aromatic carbocycles. The van der Waals surface area contributed by atoms with Gasteiger partial charge in [0.15, 0.2) is 0 Å². The molecule has 0 unspecified atom stereocenters. The molecule has 0 aliphatic carbocycles. The predicted octanol–water partition coefficient (Wildman–Crippen LogP) is 1.24. The lowest BCUT2D eigenvalue weighted by molar-refractivity contribution is -0.128. The van der Waals surface area contributed by atoms with Gasteiger partial charge in [-0.25, -0.2) is 4.98 Å². The van der Waals surface area contributed by atoms with E-state index in [1.165, 1.54) is 6.20 Å². The van der Waals surface area contributed by atoms with E-state index >= 15 is 0 Å². The van der Waals surface area contributed by atoms with Crippen LogP contribution in [-0.2, 0) is 4.79 Å². The highest BCUT2D eigenvalue weighted by Crippen LogP contribution is 2.13. The number of rotatable bonds is 4. The van der Waals surface area contributed by atoms with Crippen molar-refractivity contribution in [2.75, 3.05) is 13.6 Å². The predicted molar refractivity (Wildman–Crippen MR) is 69.4 cm³/mol. The van der Waals surface area contributed by atoms with Crippen LogP contribution < -0.4 is 10.6 Å². The van der Waals surface area contributed by atoms with Crippen molar-refractivity contribution in [1.82, 2.24) is 15.6 Å². The van der Waals surface area contributed by atoms with E-state index in [9.17, 15) is 9.59 Å². The Hall–Kier alpha value is -1.62. The molecule has 0 radical (unpaired) electrons. The number of hydrogen-bond donors (Lipinski definition) is 2. The second-order valence-electron chi connectivity index (χ2n) is 4.52. The van der Waals surface area contributed by atoms with Crippen LogP contribution in [0.15, 0.2) is 18.3 Å². The summed E-state index contributed by atoms with van der Waals surface area (Å²) in [6, 6.07) is 3.12. The average Bonchev–Trinajstić information content (AvgIpc) is 2.35. The molecule has 1 aromatic rings. The minimum Gasteiger partial charge on any atom is -0.359 e. The minimum atomic E-state index is -0.662. The van der Waals surface area contributed by atoms with E-state index in [0.29, 0.717) is 10.7 Å². The quantitative estimate of drug-likeness (QED) is 0.808. The second-order valence-corrected chi connectivity index (χ2v) is 4.90. The van der Waals surface area contributed by atoms with Crippen LogP contribution in [0.1, 0.15) is 24.2 Å². The van der Waals surface area contributed by atoms with Gasteiger partial charge in [0.1, 0.15) is 5.15 Å². The van der Waals surface area contributed by atoms with Crippen molar-refractivity contribution in [3.05, 3.63) is 29.0 Å². The number of pyridine rings is 1. The van der Waals surface area contributed by atoms with Gasteiger partial charge in [-0.05, 0) is 26.0 Å². The minimum absolute atomic E-state index is 0.128. The molecule has 0 spiro atoms. The van der Waals surface area contributed by atoms with Gasteiger partial charge in [0, 0.05) is 19.8 Å². The van der Waals surface area contributed by atoms with Gasteiger partial charge in [-0.1, -0.05) is 11.6 Å². The molecule has 98 valence electrons. The van der Waals surface area contributed by atoms with E-state index in [4.69, 9.17) is 11.6 Å². The first-order valence-electron chi connectivity index (χ1n) is 5.49. The maximum atomic E-state index is 11.8. The number of halogens is 1. The summed E-state index contributed by atoms with van der Waals surface area (Å²) in [6.45, 7) is 3.76. The zero-order chi connectivity index (χ0) is 13.8. The lowest BCUT2D eigenvalue weighted by atomic mass is 9.92. The van der Waals surface area contributed by atoms with Crippen molar-refractivity contribution in [1.29, 1.82) is 0 Å². The van der Waals surface area contributed by atoms with Crippen LogP contribution in [-0.4, -0.2) is 30.4 Å². The van der Waals surface area contributed by atoms with Gasteiger partial charge in [-0.3, -0.25) is 9.59 Å². The zero-order valence-electron chi connectivity index (χ0n) is 10.6. The number of aromatic nitrogens is 1. The van der Waals surface area contributed by atoms with Crippen LogP contribution in [0.5, 0.6) is 0 Å². The lowest BCUT2D eigenvalue weighted by Crippen LogP contribution is -2.43. The molecule has 2 amide bonds. The van der Waals surface area contributed by atoms with Gasteiger partial charge in [0.05, 0.1) is 11.0 Å². The summed E-state index contributed by atoms with van der Waals surface area (Å²) in [5.74, 6) is -0.409. The van der Waals surface area contributed by atoms with E-state index in [2.05, 4.69) is 15.6 Å². The topological polar surface area (TPSA) is 71.1 Å². The van der Waals surface area contributed by atoms with Crippen molar-refractivity contribution < 1.29 is 9.59 Å². The van der Waals surface area contributed by atoms with Crippen molar-refractivity contribution >= 4 is 23.4 Å². The third-order valence-electron chi connectivity index (χ3n) is 2.52. The summed E-state index contributed by atoms with van der Waals surface area (Å²) >= 11 is 5.63. The summed E-state index contributed by atoms with van der Waals surface area (Å²) < 4.78 is 0. The van der Waals surface area contributed by atoms with Crippen molar-refractivity contribution in [3.8, 4) is 0 Å². The third kappa shape index (κ3) is 3.70. The average molecular weight is 270 g/mol. The maximum absolute atomic E-state index is 11.8. The van der Waals surface area contributed by atoms with E-state index in [0.717, 1.165) is 0 Å². The number of carbonyl (C=O) groups excluding carboxylic acids is 2. The first kappa shape index (κ1) is 14.4. The summed E-state index contributed by atoms with van der Waals surface area (Å²) in [6.07, 6.45) is 1.39. The Labute approximate surface area is 111 Å². The van der Waals surface area contributed by atoms with Crippen LogP contribution in [0.2, 0.25) is 5.15 Å². The Bertz CT molecular complexity index is 443. The van der Waals surface area contributed by atoms with Gasteiger partial charge < -0.3 is 10.6 Å². The first-order chi connectivity index (χ1) is 8.36. The van der Waals surface area contributed by atoms with E-state index in [-0.39, 0.29) is 18.4 Å². The molecule has 6 heteroatoms. The van der Waals surface area contributed by atoms with Crippen molar-refractivity contribution in [2.45, 2.75) is 13.8 Å². The van der Waals surface area contributed by atoms with Gasteiger partial charge >= 0.3 is 0 Å². The summed E-state index contributed by atoms with van der Waals surface area (Å²) in [5, 5.41) is 5.58. The molecular weight excluding hydrogens is 254 g/mol. The molecule has 0 bridgehead atoms. The SMILES string of the molecule is CNC(=O)C(C)(C)CNC(=O)c1ccc(Cl)nc1. The second kappa shape index (κ2) is 5.82. The Morgan fingerprint density at radius 2 is 2.06 bits per heavy atom. The molecule has 18 heavy (non-hydrogen) atoms. The number of amides is 2. The van der Waals surface area contributed by atoms with Gasteiger partial charge in [-0.15, -0.1) is 0 Å². The van der Waals surface area contributed by atoms with Gasteiger partial charge in [0.2, 0.25) is 5.91 Å². The monoisotopic (exact) mass is 269 g/mol.